The lowest BCUT2D eigenvalue weighted by Gasteiger charge is -2.16. The Kier molecular flexibility index (Phi) is 6.82. The summed E-state index contributed by atoms with van der Waals surface area (Å²) in [5.74, 6) is -2.70. The van der Waals surface area contributed by atoms with Gasteiger partial charge in [0, 0.05) is 24.5 Å². The highest BCUT2D eigenvalue weighted by atomic mass is 35.5. The molecule has 0 spiro atoms. The maximum Gasteiger partial charge on any atom is 0.311 e. The molecule has 2 aromatic carbocycles. The molecule has 1 saturated heterocycles. The topological polar surface area (TPSA) is 75.7 Å². The van der Waals surface area contributed by atoms with Crippen LogP contribution in [0.4, 0.5) is 10.1 Å². The standard InChI is InChI=1S/C21H20ClFN2O4/c22-16-6-7-17(23)18(11-16)24-19(26)13-29-21(28)15-10-20(27)25(12-15)9-8-14-4-2-1-3-5-14/h1-7,11,15H,8-10,12-13H2,(H,24,26)/t15-/m0/s1. The summed E-state index contributed by atoms with van der Waals surface area (Å²) in [6.45, 7) is 0.204. The van der Waals surface area contributed by atoms with Gasteiger partial charge in [-0.05, 0) is 30.2 Å². The Labute approximate surface area is 172 Å². The van der Waals surface area contributed by atoms with E-state index in [0.717, 1.165) is 11.6 Å². The van der Waals surface area contributed by atoms with Crippen LogP contribution in [0.1, 0.15) is 12.0 Å². The van der Waals surface area contributed by atoms with Crippen molar-refractivity contribution in [1.82, 2.24) is 4.90 Å². The van der Waals surface area contributed by atoms with Gasteiger partial charge in [0.1, 0.15) is 5.82 Å². The fraction of sp³-hybridized carbons (Fsp3) is 0.286. The number of hydrogen-bond donors (Lipinski definition) is 1. The van der Waals surface area contributed by atoms with Crippen LogP contribution in [0.5, 0.6) is 0 Å². The largest absolute Gasteiger partial charge is 0.455 e. The van der Waals surface area contributed by atoms with E-state index in [2.05, 4.69) is 5.32 Å². The number of ether oxygens (including phenoxy) is 1. The number of benzene rings is 2. The number of likely N-dealkylation sites (tertiary alicyclic amines) is 1. The van der Waals surface area contributed by atoms with Crippen LogP contribution < -0.4 is 5.32 Å². The molecule has 1 aliphatic rings. The summed E-state index contributed by atoms with van der Waals surface area (Å²) in [6.07, 6.45) is 0.750. The summed E-state index contributed by atoms with van der Waals surface area (Å²) in [6, 6.07) is 13.5. The molecule has 152 valence electrons. The molecule has 0 saturated carbocycles. The molecular weight excluding hydrogens is 399 g/mol. The highest BCUT2D eigenvalue weighted by Gasteiger charge is 2.35. The number of esters is 1. The first-order valence-electron chi connectivity index (χ1n) is 9.15. The van der Waals surface area contributed by atoms with Crippen LogP contribution in [-0.2, 0) is 25.5 Å². The molecule has 1 heterocycles. The molecule has 0 radical (unpaired) electrons. The lowest BCUT2D eigenvalue weighted by molar-refractivity contribution is -0.151. The van der Waals surface area contributed by atoms with E-state index in [1.165, 1.54) is 12.1 Å². The Balaban J connectivity index is 1.45. The summed E-state index contributed by atoms with van der Waals surface area (Å²) >= 11 is 5.77. The quantitative estimate of drug-likeness (QED) is 0.701. The fourth-order valence-electron chi connectivity index (χ4n) is 3.09. The van der Waals surface area contributed by atoms with Crippen molar-refractivity contribution in [3.63, 3.8) is 0 Å². The number of amides is 2. The van der Waals surface area contributed by atoms with E-state index < -0.39 is 30.2 Å². The predicted octanol–water partition coefficient (Wildman–Crippen LogP) is 3.05. The van der Waals surface area contributed by atoms with Gasteiger partial charge >= 0.3 is 5.97 Å². The van der Waals surface area contributed by atoms with E-state index in [1.807, 2.05) is 30.3 Å². The predicted molar refractivity (Wildman–Crippen MR) is 106 cm³/mol. The molecule has 1 atom stereocenters. The number of carbonyl (C=O) groups is 3. The van der Waals surface area contributed by atoms with Crippen molar-refractivity contribution in [2.45, 2.75) is 12.8 Å². The third kappa shape index (κ3) is 5.77. The third-order valence-corrected chi connectivity index (χ3v) is 4.84. The maximum atomic E-state index is 13.6. The van der Waals surface area contributed by atoms with Gasteiger partial charge in [0.2, 0.25) is 5.91 Å². The molecular formula is C21H20ClFN2O4. The molecule has 0 unspecified atom stereocenters. The Hall–Kier alpha value is -2.93. The minimum Gasteiger partial charge on any atom is -0.455 e. The first-order chi connectivity index (χ1) is 13.9. The normalized spacial score (nSPS) is 16.0. The number of halogens is 2. The van der Waals surface area contributed by atoms with Crippen molar-refractivity contribution in [3.8, 4) is 0 Å². The summed E-state index contributed by atoms with van der Waals surface area (Å²) in [5.41, 5.74) is 1.01. The molecule has 8 heteroatoms. The van der Waals surface area contributed by atoms with Crippen LogP contribution in [-0.4, -0.2) is 42.4 Å². The average molecular weight is 419 g/mol. The Morgan fingerprint density at radius 1 is 1.21 bits per heavy atom. The molecule has 1 aliphatic heterocycles. The van der Waals surface area contributed by atoms with Gasteiger partial charge in [-0.15, -0.1) is 0 Å². The van der Waals surface area contributed by atoms with Crippen LogP contribution in [0.3, 0.4) is 0 Å². The van der Waals surface area contributed by atoms with Crippen LogP contribution in [0.2, 0.25) is 5.02 Å². The second-order valence-corrected chi connectivity index (χ2v) is 7.19. The molecule has 0 aliphatic carbocycles. The van der Waals surface area contributed by atoms with E-state index in [4.69, 9.17) is 16.3 Å². The number of nitrogens with zero attached hydrogens (tertiary/aromatic N) is 1. The first-order valence-corrected chi connectivity index (χ1v) is 9.53. The van der Waals surface area contributed by atoms with E-state index in [1.54, 1.807) is 4.90 Å². The first kappa shape index (κ1) is 20.8. The monoisotopic (exact) mass is 418 g/mol. The zero-order valence-corrected chi connectivity index (χ0v) is 16.3. The Bertz CT molecular complexity index is 907. The van der Waals surface area contributed by atoms with Gasteiger partial charge < -0.3 is 15.0 Å². The number of carbonyl (C=O) groups excluding carboxylic acids is 3. The minimum absolute atomic E-state index is 0.0537. The highest BCUT2D eigenvalue weighted by Crippen LogP contribution is 2.21. The van der Waals surface area contributed by atoms with Crippen molar-refractivity contribution < 1.29 is 23.5 Å². The van der Waals surface area contributed by atoms with Gasteiger partial charge in [0.05, 0.1) is 11.6 Å². The van der Waals surface area contributed by atoms with Crippen LogP contribution in [0.15, 0.2) is 48.5 Å². The highest BCUT2D eigenvalue weighted by molar-refractivity contribution is 6.30. The van der Waals surface area contributed by atoms with Crippen LogP contribution >= 0.6 is 11.6 Å². The third-order valence-electron chi connectivity index (χ3n) is 4.61. The van der Waals surface area contributed by atoms with E-state index in [0.29, 0.717) is 13.0 Å². The summed E-state index contributed by atoms with van der Waals surface area (Å²) in [7, 11) is 0. The molecule has 2 amide bonds. The van der Waals surface area contributed by atoms with Crippen LogP contribution in [0.25, 0.3) is 0 Å². The molecule has 1 fully saturated rings. The Morgan fingerprint density at radius 2 is 1.97 bits per heavy atom. The van der Waals surface area contributed by atoms with Gasteiger partial charge in [-0.1, -0.05) is 41.9 Å². The lowest BCUT2D eigenvalue weighted by Crippen LogP contribution is -2.29. The average Bonchev–Trinajstić information content (AvgIpc) is 3.09. The molecule has 0 aromatic heterocycles. The van der Waals surface area contributed by atoms with E-state index in [-0.39, 0.29) is 29.6 Å². The second kappa shape index (κ2) is 9.52. The molecule has 0 bridgehead atoms. The van der Waals surface area contributed by atoms with E-state index >= 15 is 0 Å². The smallest absolute Gasteiger partial charge is 0.311 e. The van der Waals surface area contributed by atoms with Crippen molar-refractivity contribution in [2.75, 3.05) is 25.0 Å². The number of rotatable bonds is 7. The van der Waals surface area contributed by atoms with Gasteiger partial charge in [0.25, 0.3) is 5.91 Å². The second-order valence-electron chi connectivity index (χ2n) is 6.76. The minimum atomic E-state index is -0.690. The molecule has 3 rings (SSSR count). The van der Waals surface area contributed by atoms with Gasteiger partial charge in [0.15, 0.2) is 6.61 Å². The molecule has 2 aromatic rings. The Morgan fingerprint density at radius 3 is 2.72 bits per heavy atom. The molecule has 1 N–H and O–H groups in total. The number of anilines is 1. The maximum absolute atomic E-state index is 13.6. The van der Waals surface area contributed by atoms with Gasteiger partial charge in [-0.3, -0.25) is 14.4 Å². The zero-order valence-electron chi connectivity index (χ0n) is 15.6. The molecule has 29 heavy (non-hydrogen) atoms. The summed E-state index contributed by atoms with van der Waals surface area (Å²) < 4.78 is 18.6. The van der Waals surface area contributed by atoms with Crippen molar-refractivity contribution in [2.24, 2.45) is 5.92 Å². The van der Waals surface area contributed by atoms with Crippen LogP contribution in [0, 0.1) is 11.7 Å². The van der Waals surface area contributed by atoms with Crippen molar-refractivity contribution >= 4 is 35.1 Å². The van der Waals surface area contributed by atoms with Crippen molar-refractivity contribution in [1.29, 1.82) is 0 Å². The summed E-state index contributed by atoms with van der Waals surface area (Å²) in [4.78, 5) is 37.9. The van der Waals surface area contributed by atoms with Crippen molar-refractivity contribution in [3.05, 3.63) is 64.9 Å². The molecule has 6 nitrogen and oxygen atoms in total. The van der Waals surface area contributed by atoms with Gasteiger partial charge in [-0.25, -0.2) is 4.39 Å². The van der Waals surface area contributed by atoms with Gasteiger partial charge in [-0.2, -0.15) is 0 Å². The lowest BCUT2D eigenvalue weighted by atomic mass is 10.1. The van der Waals surface area contributed by atoms with E-state index in [9.17, 15) is 18.8 Å². The number of nitrogens with one attached hydrogen (secondary N) is 1. The number of hydrogen-bond acceptors (Lipinski definition) is 4. The SMILES string of the molecule is O=C(COC(=O)[C@H]1CC(=O)N(CCc2ccccc2)C1)Nc1cc(Cl)ccc1F. The zero-order chi connectivity index (χ0) is 20.8. The fourth-order valence-corrected chi connectivity index (χ4v) is 3.26. The summed E-state index contributed by atoms with van der Waals surface area (Å²) in [5, 5.41) is 2.56.